The molecular weight excluding hydrogens is 347 g/mol. The van der Waals surface area contributed by atoms with E-state index in [0.717, 1.165) is 6.54 Å². The minimum atomic E-state index is -5.08. The Bertz CT molecular complexity index is 743. The van der Waals surface area contributed by atoms with Gasteiger partial charge in [0.25, 0.3) is 0 Å². The number of fused-ring (bicyclic) bond motifs is 1. The van der Waals surface area contributed by atoms with Crippen LogP contribution in [0, 0.1) is 0 Å². The Morgan fingerprint density at radius 3 is 2.36 bits per heavy atom. The van der Waals surface area contributed by atoms with Gasteiger partial charge in [-0.15, -0.1) is 0 Å². The summed E-state index contributed by atoms with van der Waals surface area (Å²) >= 11 is 0. The standard InChI is InChI=1S/C12H15N3O3.C2HF3O2/c1-14(2)5-6-18-9-3-4-11-10(12(16)17)7-13-15(11)8-9;3-2(4,5)1(6)7/h3-4,7-8H,5-6H2,1-2H3,(H,16,17);(H,6,7). The smallest absolute Gasteiger partial charge is 0.490 e. The van der Waals surface area contributed by atoms with Gasteiger partial charge in [-0.05, 0) is 26.2 Å². The summed E-state index contributed by atoms with van der Waals surface area (Å²) < 4.78 is 38.8. The highest BCUT2D eigenvalue weighted by atomic mass is 19.4. The molecule has 2 heterocycles. The van der Waals surface area contributed by atoms with Crippen molar-refractivity contribution in [3.63, 3.8) is 0 Å². The van der Waals surface area contributed by atoms with E-state index in [1.807, 2.05) is 19.0 Å². The number of ether oxygens (including phenoxy) is 1. The summed E-state index contributed by atoms with van der Waals surface area (Å²) in [6.07, 6.45) is -2.07. The van der Waals surface area contributed by atoms with Gasteiger partial charge < -0.3 is 19.8 Å². The fraction of sp³-hybridized carbons (Fsp3) is 0.357. The maximum atomic E-state index is 10.9. The van der Waals surface area contributed by atoms with Crippen molar-refractivity contribution in [3.05, 3.63) is 30.1 Å². The van der Waals surface area contributed by atoms with Crippen LogP contribution in [0.25, 0.3) is 5.52 Å². The van der Waals surface area contributed by atoms with Crippen molar-refractivity contribution < 1.29 is 37.7 Å². The zero-order valence-corrected chi connectivity index (χ0v) is 13.3. The van der Waals surface area contributed by atoms with E-state index in [4.69, 9.17) is 19.7 Å². The molecule has 0 radical (unpaired) electrons. The van der Waals surface area contributed by atoms with E-state index in [0.29, 0.717) is 17.9 Å². The van der Waals surface area contributed by atoms with E-state index in [1.54, 1.807) is 18.3 Å². The summed E-state index contributed by atoms with van der Waals surface area (Å²) in [5.41, 5.74) is 0.748. The highest BCUT2D eigenvalue weighted by molar-refractivity contribution is 5.95. The summed E-state index contributed by atoms with van der Waals surface area (Å²) in [7, 11) is 3.94. The predicted molar refractivity (Wildman–Crippen MR) is 79.9 cm³/mol. The first kappa shape index (κ1) is 20.2. The van der Waals surface area contributed by atoms with E-state index < -0.39 is 18.1 Å². The fourth-order valence-corrected chi connectivity index (χ4v) is 1.56. The molecule has 0 atom stereocenters. The van der Waals surface area contributed by atoms with Gasteiger partial charge in [0.2, 0.25) is 0 Å². The number of carbonyl (C=O) groups is 2. The van der Waals surface area contributed by atoms with Gasteiger partial charge in [0.1, 0.15) is 17.9 Å². The number of likely N-dealkylation sites (N-methyl/N-ethyl adjacent to an activating group) is 1. The number of halogens is 3. The highest BCUT2D eigenvalue weighted by Crippen LogP contribution is 2.16. The lowest BCUT2D eigenvalue weighted by molar-refractivity contribution is -0.192. The molecule has 0 saturated carbocycles. The monoisotopic (exact) mass is 363 g/mol. The lowest BCUT2D eigenvalue weighted by Crippen LogP contribution is -2.21. The molecule has 0 unspecified atom stereocenters. The van der Waals surface area contributed by atoms with Crippen molar-refractivity contribution >= 4 is 17.5 Å². The predicted octanol–water partition coefficient (Wildman–Crippen LogP) is 1.61. The maximum absolute atomic E-state index is 10.9. The van der Waals surface area contributed by atoms with Crippen LogP contribution >= 0.6 is 0 Å². The summed E-state index contributed by atoms with van der Waals surface area (Å²) in [4.78, 5) is 21.8. The molecule has 0 amide bonds. The number of pyridine rings is 1. The Labute approximate surface area is 140 Å². The summed E-state index contributed by atoms with van der Waals surface area (Å²) in [6.45, 7) is 1.39. The van der Waals surface area contributed by atoms with Crippen LogP contribution in [-0.2, 0) is 4.79 Å². The first-order valence-corrected chi connectivity index (χ1v) is 6.80. The molecule has 2 aromatic heterocycles. The second-order valence-corrected chi connectivity index (χ2v) is 5.01. The second-order valence-electron chi connectivity index (χ2n) is 5.01. The number of nitrogens with zero attached hydrogens (tertiary/aromatic N) is 3. The number of hydrogen-bond acceptors (Lipinski definition) is 5. The van der Waals surface area contributed by atoms with E-state index >= 15 is 0 Å². The quantitative estimate of drug-likeness (QED) is 0.831. The summed E-state index contributed by atoms with van der Waals surface area (Å²) in [6, 6.07) is 3.44. The maximum Gasteiger partial charge on any atom is 0.490 e. The molecule has 0 bridgehead atoms. The number of carboxylic acid groups (broad SMARTS) is 2. The molecule has 25 heavy (non-hydrogen) atoms. The highest BCUT2D eigenvalue weighted by Gasteiger charge is 2.38. The molecular formula is C14H16F3N3O5. The van der Waals surface area contributed by atoms with Crippen LogP contribution in [-0.4, -0.2) is 70.1 Å². The third kappa shape index (κ3) is 6.30. The van der Waals surface area contributed by atoms with Gasteiger partial charge >= 0.3 is 18.1 Å². The number of aromatic nitrogens is 2. The van der Waals surface area contributed by atoms with Gasteiger partial charge in [0.05, 0.1) is 17.9 Å². The lowest BCUT2D eigenvalue weighted by Gasteiger charge is -2.10. The van der Waals surface area contributed by atoms with E-state index in [2.05, 4.69) is 5.10 Å². The number of rotatable bonds is 5. The SMILES string of the molecule is CN(C)CCOc1ccc2c(C(=O)O)cnn2c1.O=C(O)C(F)(F)F. The van der Waals surface area contributed by atoms with Gasteiger partial charge in [-0.25, -0.2) is 14.1 Å². The van der Waals surface area contributed by atoms with Gasteiger partial charge in [0.15, 0.2) is 0 Å². The van der Waals surface area contributed by atoms with E-state index in [1.165, 1.54) is 10.7 Å². The molecule has 0 aliphatic rings. The minimum absolute atomic E-state index is 0.190. The Kier molecular flexibility index (Phi) is 6.74. The molecule has 0 spiro atoms. The zero-order chi connectivity index (χ0) is 19.2. The van der Waals surface area contributed by atoms with Crippen molar-refractivity contribution in [3.8, 4) is 5.75 Å². The second kappa shape index (κ2) is 8.33. The van der Waals surface area contributed by atoms with Gasteiger partial charge in [0, 0.05) is 6.54 Å². The van der Waals surface area contributed by atoms with Crippen LogP contribution in [0.2, 0.25) is 0 Å². The lowest BCUT2D eigenvalue weighted by atomic mass is 10.2. The van der Waals surface area contributed by atoms with Crippen LogP contribution in [0.15, 0.2) is 24.5 Å². The number of aliphatic carboxylic acids is 1. The average molecular weight is 363 g/mol. The zero-order valence-electron chi connectivity index (χ0n) is 13.3. The fourth-order valence-electron chi connectivity index (χ4n) is 1.56. The molecule has 0 aliphatic heterocycles. The molecule has 138 valence electrons. The van der Waals surface area contributed by atoms with Crippen LogP contribution in [0.1, 0.15) is 10.4 Å². The van der Waals surface area contributed by atoms with Crippen molar-refractivity contribution in [1.29, 1.82) is 0 Å². The van der Waals surface area contributed by atoms with Crippen LogP contribution < -0.4 is 4.74 Å². The Balaban J connectivity index is 0.000000381. The molecule has 2 N–H and O–H groups in total. The molecule has 0 aliphatic carbocycles. The molecule has 0 aromatic carbocycles. The van der Waals surface area contributed by atoms with Crippen LogP contribution in [0.4, 0.5) is 13.2 Å². The van der Waals surface area contributed by atoms with Crippen LogP contribution in [0.3, 0.4) is 0 Å². The normalized spacial score (nSPS) is 11.1. The molecule has 8 nitrogen and oxygen atoms in total. The molecule has 2 rings (SSSR count). The topological polar surface area (TPSA) is 104 Å². The van der Waals surface area contributed by atoms with E-state index in [-0.39, 0.29) is 5.56 Å². The van der Waals surface area contributed by atoms with Gasteiger partial charge in [-0.1, -0.05) is 0 Å². The number of aromatic carboxylic acids is 1. The molecule has 11 heteroatoms. The average Bonchev–Trinajstić information content (AvgIpc) is 2.89. The van der Waals surface area contributed by atoms with Crippen LogP contribution in [0.5, 0.6) is 5.75 Å². The summed E-state index contributed by atoms with van der Waals surface area (Å²) in [5.74, 6) is -3.07. The minimum Gasteiger partial charge on any atom is -0.491 e. The third-order valence-corrected chi connectivity index (χ3v) is 2.77. The van der Waals surface area contributed by atoms with Gasteiger partial charge in [-0.2, -0.15) is 18.3 Å². The molecule has 0 fully saturated rings. The van der Waals surface area contributed by atoms with Crippen molar-refractivity contribution in [2.45, 2.75) is 6.18 Å². The van der Waals surface area contributed by atoms with Crippen molar-refractivity contribution in [1.82, 2.24) is 14.5 Å². The first-order chi connectivity index (χ1) is 11.5. The van der Waals surface area contributed by atoms with Crippen molar-refractivity contribution in [2.75, 3.05) is 27.2 Å². The first-order valence-electron chi connectivity index (χ1n) is 6.80. The molecule has 2 aromatic rings. The Morgan fingerprint density at radius 2 is 1.88 bits per heavy atom. The molecule has 0 saturated heterocycles. The third-order valence-electron chi connectivity index (χ3n) is 2.77. The summed E-state index contributed by atoms with van der Waals surface area (Å²) in [5, 5.41) is 20.1. The van der Waals surface area contributed by atoms with Crippen molar-refractivity contribution in [2.24, 2.45) is 0 Å². The number of carboxylic acids is 2. The Morgan fingerprint density at radius 1 is 1.28 bits per heavy atom. The largest absolute Gasteiger partial charge is 0.491 e. The van der Waals surface area contributed by atoms with Gasteiger partial charge in [-0.3, -0.25) is 0 Å². The number of hydrogen-bond donors (Lipinski definition) is 2. The Hall–Kier alpha value is -2.82. The van der Waals surface area contributed by atoms with E-state index in [9.17, 15) is 18.0 Å². The number of alkyl halides is 3.